The Morgan fingerprint density at radius 2 is 1.96 bits per heavy atom. The minimum Gasteiger partial charge on any atom is -0.494 e. The molecule has 0 saturated carbocycles. The first kappa shape index (κ1) is 18.2. The fourth-order valence-corrected chi connectivity index (χ4v) is 3.47. The summed E-state index contributed by atoms with van der Waals surface area (Å²) in [4.78, 5) is 12.7. The van der Waals surface area contributed by atoms with Crippen molar-refractivity contribution in [1.29, 1.82) is 0 Å². The fourth-order valence-electron chi connectivity index (χ4n) is 3.47. The molecule has 1 aromatic heterocycles. The highest BCUT2D eigenvalue weighted by molar-refractivity contribution is 6.05. The summed E-state index contributed by atoms with van der Waals surface area (Å²) < 4.78 is 10.5. The minimum absolute atomic E-state index is 0.281. The van der Waals surface area contributed by atoms with Gasteiger partial charge in [0.15, 0.2) is 5.69 Å². The number of ether oxygens (including phenoxy) is 1. The number of hydrogen-bond acceptors (Lipinski definition) is 5. The fraction of sp³-hybridized carbons (Fsp3) is 0.318. The van der Waals surface area contributed by atoms with Crippen molar-refractivity contribution in [1.82, 2.24) is 10.3 Å². The summed E-state index contributed by atoms with van der Waals surface area (Å²) in [5.41, 5.74) is 4.66. The average molecular weight is 377 g/mol. The van der Waals surface area contributed by atoms with E-state index in [-0.39, 0.29) is 5.91 Å². The molecule has 1 aliphatic rings. The molecule has 1 amide bonds. The predicted octanol–water partition coefficient (Wildman–Crippen LogP) is 4.66. The zero-order valence-electron chi connectivity index (χ0n) is 15.9. The van der Waals surface area contributed by atoms with Crippen molar-refractivity contribution in [3.63, 3.8) is 0 Å². The van der Waals surface area contributed by atoms with Gasteiger partial charge in [-0.1, -0.05) is 25.1 Å². The first-order valence-electron chi connectivity index (χ1n) is 9.73. The minimum atomic E-state index is -0.281. The van der Waals surface area contributed by atoms with E-state index in [4.69, 9.17) is 9.37 Å². The second-order valence-corrected chi connectivity index (χ2v) is 6.98. The van der Waals surface area contributed by atoms with Gasteiger partial charge in [0.25, 0.3) is 5.91 Å². The predicted molar refractivity (Wildman–Crippen MR) is 107 cm³/mol. The van der Waals surface area contributed by atoms with E-state index in [0.29, 0.717) is 29.4 Å². The molecule has 0 bridgehead atoms. The molecule has 6 nitrogen and oxygen atoms in total. The Bertz CT molecular complexity index is 981. The van der Waals surface area contributed by atoms with E-state index in [9.17, 15) is 4.79 Å². The molecule has 144 valence electrons. The summed E-state index contributed by atoms with van der Waals surface area (Å²) in [6.45, 7) is 2.65. The number of carbonyl (C=O) groups excluding carboxylic acids is 1. The number of benzene rings is 2. The van der Waals surface area contributed by atoms with Gasteiger partial charge in [-0.05, 0) is 77.8 Å². The van der Waals surface area contributed by atoms with Crippen LogP contribution in [0.15, 0.2) is 47.1 Å². The third-order valence-corrected chi connectivity index (χ3v) is 4.91. The number of fused-ring (bicyclic) bond motifs is 1. The summed E-state index contributed by atoms with van der Waals surface area (Å²) >= 11 is 0. The largest absolute Gasteiger partial charge is 0.494 e. The third kappa shape index (κ3) is 3.91. The van der Waals surface area contributed by atoms with Crippen molar-refractivity contribution in [2.45, 2.75) is 39.0 Å². The molecule has 1 N–H and O–H groups in total. The number of hydrogen-bond donors (Lipinski definition) is 1. The molecule has 28 heavy (non-hydrogen) atoms. The SMILES string of the molecule is CCCOc1cccc(C(=O)Nc2nonc2-c2ccc3c(c2)CCCC3)c1. The van der Waals surface area contributed by atoms with Crippen LogP contribution < -0.4 is 10.1 Å². The molecule has 0 atom stereocenters. The molecule has 2 aromatic carbocycles. The number of nitrogens with one attached hydrogen (secondary N) is 1. The standard InChI is InChI=1S/C22H23N3O3/c1-2-12-27-19-9-5-8-18(14-19)22(26)23-21-20(24-28-25-21)17-11-10-15-6-3-4-7-16(15)13-17/h5,8-11,13-14H,2-4,6-7,12H2,1H3,(H,23,25,26). The van der Waals surface area contributed by atoms with Gasteiger partial charge in [0.05, 0.1) is 6.61 Å². The molecule has 0 radical (unpaired) electrons. The number of aryl methyl sites for hydroxylation is 2. The Morgan fingerprint density at radius 1 is 1.11 bits per heavy atom. The molecule has 1 heterocycles. The van der Waals surface area contributed by atoms with Gasteiger partial charge in [-0.25, -0.2) is 4.63 Å². The van der Waals surface area contributed by atoms with Gasteiger partial charge in [-0.2, -0.15) is 0 Å². The molecule has 0 aliphatic heterocycles. The van der Waals surface area contributed by atoms with E-state index < -0.39 is 0 Å². The van der Waals surface area contributed by atoms with Crippen LogP contribution in [0.2, 0.25) is 0 Å². The number of aromatic nitrogens is 2. The van der Waals surface area contributed by atoms with E-state index >= 15 is 0 Å². The number of anilines is 1. The zero-order valence-corrected chi connectivity index (χ0v) is 15.9. The molecule has 4 rings (SSSR count). The molecule has 3 aromatic rings. The number of nitrogens with zero attached hydrogens (tertiary/aromatic N) is 2. The summed E-state index contributed by atoms with van der Waals surface area (Å²) in [6, 6.07) is 13.4. The maximum absolute atomic E-state index is 12.7. The first-order chi connectivity index (χ1) is 13.7. The Morgan fingerprint density at radius 3 is 2.82 bits per heavy atom. The lowest BCUT2D eigenvalue weighted by molar-refractivity contribution is 0.102. The van der Waals surface area contributed by atoms with Crippen molar-refractivity contribution in [2.75, 3.05) is 11.9 Å². The lowest BCUT2D eigenvalue weighted by Gasteiger charge is -2.16. The molecule has 6 heteroatoms. The smallest absolute Gasteiger partial charge is 0.257 e. The maximum atomic E-state index is 12.7. The second kappa shape index (κ2) is 8.25. The van der Waals surface area contributed by atoms with Gasteiger partial charge in [-0.3, -0.25) is 4.79 Å². The van der Waals surface area contributed by atoms with Crippen LogP contribution in [0.25, 0.3) is 11.3 Å². The topological polar surface area (TPSA) is 77.2 Å². The van der Waals surface area contributed by atoms with E-state index in [1.165, 1.54) is 24.0 Å². The summed E-state index contributed by atoms with van der Waals surface area (Å²) in [5.74, 6) is 0.709. The maximum Gasteiger partial charge on any atom is 0.257 e. The van der Waals surface area contributed by atoms with Crippen LogP contribution in [-0.4, -0.2) is 22.8 Å². The monoisotopic (exact) mass is 377 g/mol. The van der Waals surface area contributed by atoms with Crippen molar-refractivity contribution >= 4 is 11.7 Å². The molecular formula is C22H23N3O3. The highest BCUT2D eigenvalue weighted by Crippen LogP contribution is 2.30. The van der Waals surface area contributed by atoms with Gasteiger partial charge < -0.3 is 10.1 Å². The molecule has 1 aliphatic carbocycles. The quantitative estimate of drug-likeness (QED) is 0.676. The lowest BCUT2D eigenvalue weighted by Crippen LogP contribution is -2.13. The van der Waals surface area contributed by atoms with Crippen molar-refractivity contribution < 1.29 is 14.2 Å². The van der Waals surface area contributed by atoms with Crippen molar-refractivity contribution in [2.24, 2.45) is 0 Å². The summed E-state index contributed by atoms with van der Waals surface area (Å²) in [6.07, 6.45) is 5.53. The van der Waals surface area contributed by atoms with Gasteiger partial charge in [0.1, 0.15) is 5.75 Å². The third-order valence-electron chi connectivity index (χ3n) is 4.91. The Kier molecular flexibility index (Phi) is 5.37. The second-order valence-electron chi connectivity index (χ2n) is 6.98. The van der Waals surface area contributed by atoms with Gasteiger partial charge in [0.2, 0.25) is 5.82 Å². The molecular weight excluding hydrogens is 354 g/mol. The Labute approximate surface area is 163 Å². The van der Waals surface area contributed by atoms with Crippen LogP contribution >= 0.6 is 0 Å². The molecule has 0 spiro atoms. The molecule has 0 saturated heterocycles. The lowest BCUT2D eigenvalue weighted by atomic mass is 9.90. The van der Waals surface area contributed by atoms with E-state index in [2.05, 4.69) is 27.8 Å². The normalized spacial score (nSPS) is 13.0. The first-order valence-corrected chi connectivity index (χ1v) is 9.73. The van der Waals surface area contributed by atoms with E-state index in [0.717, 1.165) is 24.8 Å². The highest BCUT2D eigenvalue weighted by Gasteiger charge is 2.18. The van der Waals surface area contributed by atoms with Crippen LogP contribution in [0.3, 0.4) is 0 Å². The molecule has 0 fully saturated rings. The number of rotatable bonds is 6. The van der Waals surface area contributed by atoms with Crippen molar-refractivity contribution in [3.05, 3.63) is 59.2 Å². The van der Waals surface area contributed by atoms with E-state index in [1.807, 2.05) is 19.1 Å². The van der Waals surface area contributed by atoms with Crippen LogP contribution in [0, 0.1) is 0 Å². The van der Waals surface area contributed by atoms with Crippen LogP contribution in [0.5, 0.6) is 5.75 Å². The van der Waals surface area contributed by atoms with Crippen molar-refractivity contribution in [3.8, 4) is 17.0 Å². The van der Waals surface area contributed by atoms with Gasteiger partial charge in [-0.15, -0.1) is 0 Å². The highest BCUT2D eigenvalue weighted by atomic mass is 16.6. The zero-order chi connectivity index (χ0) is 19.3. The number of amides is 1. The van der Waals surface area contributed by atoms with Crippen LogP contribution in [0.1, 0.15) is 47.7 Å². The Balaban J connectivity index is 1.54. The Hall–Kier alpha value is -3.15. The van der Waals surface area contributed by atoms with Gasteiger partial charge in [0, 0.05) is 11.1 Å². The molecule has 0 unspecified atom stereocenters. The van der Waals surface area contributed by atoms with Crippen LogP contribution in [-0.2, 0) is 12.8 Å². The average Bonchev–Trinajstić information content (AvgIpc) is 3.20. The van der Waals surface area contributed by atoms with Gasteiger partial charge >= 0.3 is 0 Å². The van der Waals surface area contributed by atoms with Crippen LogP contribution in [0.4, 0.5) is 5.82 Å². The summed E-state index contributed by atoms with van der Waals surface area (Å²) in [5, 5.41) is 10.7. The summed E-state index contributed by atoms with van der Waals surface area (Å²) in [7, 11) is 0. The number of carbonyl (C=O) groups is 1. The van der Waals surface area contributed by atoms with E-state index in [1.54, 1.807) is 18.2 Å².